The molecule has 4 rings (SSSR count). The topological polar surface area (TPSA) is 146 Å². The van der Waals surface area contributed by atoms with Gasteiger partial charge in [0.05, 0.1) is 6.20 Å². The molecule has 3 amide bonds. The van der Waals surface area contributed by atoms with E-state index in [1.54, 1.807) is 30.3 Å². The van der Waals surface area contributed by atoms with E-state index in [0.29, 0.717) is 28.6 Å². The molecule has 0 aliphatic carbocycles. The van der Waals surface area contributed by atoms with Crippen molar-refractivity contribution in [3.63, 3.8) is 0 Å². The van der Waals surface area contributed by atoms with Crippen LogP contribution in [0.15, 0.2) is 58.0 Å². The zero-order valence-electron chi connectivity index (χ0n) is 17.6. The van der Waals surface area contributed by atoms with E-state index < -0.39 is 11.9 Å². The summed E-state index contributed by atoms with van der Waals surface area (Å²) < 4.78 is 6.61. The molecule has 0 bridgehead atoms. The standard InChI is InChI=1S/C21H21N7O4/c1-21(2,3)15-10-16(27-32-15)25-20(31)23-13-6-4-12(5-7-13)22-19(30)14-11-28-17(24-14)8-9-18(29)26-28/h4-11H,1-3H3,(H,22,30)(H,26,29)(H2,23,25,27,31). The molecule has 0 atom stereocenters. The van der Waals surface area contributed by atoms with E-state index in [-0.39, 0.29) is 16.7 Å². The molecule has 11 nitrogen and oxygen atoms in total. The van der Waals surface area contributed by atoms with Gasteiger partial charge in [0, 0.05) is 28.9 Å². The summed E-state index contributed by atoms with van der Waals surface area (Å²) in [6, 6.07) is 10.6. The van der Waals surface area contributed by atoms with Crippen LogP contribution in [0.3, 0.4) is 0 Å². The summed E-state index contributed by atoms with van der Waals surface area (Å²) in [6.45, 7) is 5.94. The maximum Gasteiger partial charge on any atom is 0.324 e. The number of imidazole rings is 1. The Labute approximate surface area is 181 Å². The second-order valence-corrected chi connectivity index (χ2v) is 8.10. The van der Waals surface area contributed by atoms with Crippen molar-refractivity contribution in [1.82, 2.24) is 19.8 Å². The molecule has 0 saturated heterocycles. The highest BCUT2D eigenvalue weighted by molar-refractivity contribution is 6.03. The molecule has 1 aromatic carbocycles. The molecule has 11 heteroatoms. The van der Waals surface area contributed by atoms with Crippen molar-refractivity contribution in [3.8, 4) is 0 Å². The fourth-order valence-electron chi connectivity index (χ4n) is 2.82. The quantitative estimate of drug-likeness (QED) is 0.387. The van der Waals surface area contributed by atoms with Crippen molar-refractivity contribution >= 4 is 34.8 Å². The third kappa shape index (κ3) is 4.67. The van der Waals surface area contributed by atoms with Crippen LogP contribution in [0.2, 0.25) is 0 Å². The summed E-state index contributed by atoms with van der Waals surface area (Å²) >= 11 is 0. The number of nitrogens with zero attached hydrogens (tertiary/aromatic N) is 3. The number of hydrogen-bond acceptors (Lipinski definition) is 6. The largest absolute Gasteiger partial charge is 0.359 e. The molecule has 4 aromatic rings. The van der Waals surface area contributed by atoms with Crippen LogP contribution in [-0.4, -0.2) is 31.7 Å². The summed E-state index contributed by atoms with van der Waals surface area (Å²) in [5, 5.41) is 14.4. The van der Waals surface area contributed by atoms with Crippen LogP contribution in [0.1, 0.15) is 37.0 Å². The number of aromatic amines is 1. The number of benzene rings is 1. The molecule has 3 aromatic heterocycles. The van der Waals surface area contributed by atoms with Crippen molar-refractivity contribution in [2.24, 2.45) is 0 Å². The summed E-state index contributed by atoms with van der Waals surface area (Å²) in [4.78, 5) is 40.1. The molecular weight excluding hydrogens is 414 g/mol. The SMILES string of the molecule is CC(C)(C)c1cc(NC(=O)Nc2ccc(NC(=O)c3cn4[nH]c(=O)ccc4n3)cc2)no1. The molecule has 0 radical (unpaired) electrons. The zero-order chi connectivity index (χ0) is 22.9. The Bertz CT molecular complexity index is 1340. The van der Waals surface area contributed by atoms with Gasteiger partial charge in [0.25, 0.3) is 11.5 Å². The number of carbonyl (C=O) groups excluding carboxylic acids is 2. The lowest BCUT2D eigenvalue weighted by Gasteiger charge is -2.12. The van der Waals surface area contributed by atoms with Gasteiger partial charge in [-0.1, -0.05) is 25.9 Å². The van der Waals surface area contributed by atoms with E-state index in [1.165, 1.54) is 22.8 Å². The number of carbonyl (C=O) groups is 2. The van der Waals surface area contributed by atoms with Crippen LogP contribution in [0.25, 0.3) is 5.65 Å². The van der Waals surface area contributed by atoms with Crippen molar-refractivity contribution < 1.29 is 14.1 Å². The highest BCUT2D eigenvalue weighted by Crippen LogP contribution is 2.24. The number of H-pyrrole nitrogens is 1. The molecule has 0 spiro atoms. The third-order valence-electron chi connectivity index (χ3n) is 4.47. The number of hydrogen-bond donors (Lipinski definition) is 4. The molecule has 3 heterocycles. The van der Waals surface area contributed by atoms with Crippen LogP contribution in [0.4, 0.5) is 22.0 Å². The fourth-order valence-corrected chi connectivity index (χ4v) is 2.82. The van der Waals surface area contributed by atoms with Crippen LogP contribution in [-0.2, 0) is 5.41 Å². The number of fused-ring (bicyclic) bond motifs is 1. The molecule has 0 saturated carbocycles. The Morgan fingerprint density at radius 1 is 1.00 bits per heavy atom. The van der Waals surface area contributed by atoms with Gasteiger partial charge >= 0.3 is 6.03 Å². The Balaban J connectivity index is 1.36. The van der Waals surface area contributed by atoms with Gasteiger partial charge < -0.3 is 15.2 Å². The van der Waals surface area contributed by atoms with Crippen molar-refractivity contribution in [1.29, 1.82) is 0 Å². The minimum absolute atomic E-state index is 0.149. The first-order valence-corrected chi connectivity index (χ1v) is 9.72. The maximum atomic E-state index is 12.4. The number of amides is 3. The summed E-state index contributed by atoms with van der Waals surface area (Å²) in [6.07, 6.45) is 1.43. The van der Waals surface area contributed by atoms with Crippen LogP contribution >= 0.6 is 0 Å². The molecule has 0 unspecified atom stereocenters. The first-order valence-electron chi connectivity index (χ1n) is 9.72. The van der Waals surface area contributed by atoms with Gasteiger partial charge in [-0.2, -0.15) is 0 Å². The Hall–Kier alpha value is -4.41. The number of anilines is 3. The van der Waals surface area contributed by atoms with Gasteiger partial charge in [0.2, 0.25) is 0 Å². The fraction of sp³-hybridized carbons (Fsp3) is 0.190. The van der Waals surface area contributed by atoms with E-state index in [1.807, 2.05) is 20.8 Å². The van der Waals surface area contributed by atoms with Gasteiger partial charge in [-0.15, -0.1) is 0 Å². The van der Waals surface area contributed by atoms with Crippen molar-refractivity contribution in [2.75, 3.05) is 16.0 Å². The number of aromatic nitrogens is 4. The lowest BCUT2D eigenvalue weighted by Crippen LogP contribution is -2.19. The minimum Gasteiger partial charge on any atom is -0.359 e. The van der Waals surface area contributed by atoms with Gasteiger partial charge in [-0.25, -0.2) is 14.3 Å². The zero-order valence-corrected chi connectivity index (χ0v) is 17.6. The predicted molar refractivity (Wildman–Crippen MR) is 118 cm³/mol. The second-order valence-electron chi connectivity index (χ2n) is 8.10. The molecule has 0 aliphatic heterocycles. The summed E-state index contributed by atoms with van der Waals surface area (Å²) in [5.41, 5.74) is 1.11. The highest BCUT2D eigenvalue weighted by Gasteiger charge is 2.20. The maximum absolute atomic E-state index is 12.4. The normalized spacial score (nSPS) is 11.3. The molecular formula is C21H21N7O4. The van der Waals surface area contributed by atoms with Gasteiger partial charge in [-0.3, -0.25) is 20.0 Å². The average molecular weight is 435 g/mol. The third-order valence-corrected chi connectivity index (χ3v) is 4.47. The van der Waals surface area contributed by atoms with Crippen LogP contribution in [0, 0.1) is 0 Å². The van der Waals surface area contributed by atoms with Gasteiger partial charge in [0.15, 0.2) is 11.5 Å². The monoisotopic (exact) mass is 435 g/mol. The predicted octanol–water partition coefficient (Wildman–Crippen LogP) is 3.20. The van der Waals surface area contributed by atoms with E-state index >= 15 is 0 Å². The molecule has 164 valence electrons. The van der Waals surface area contributed by atoms with Crippen LogP contribution in [0.5, 0.6) is 0 Å². The van der Waals surface area contributed by atoms with E-state index in [4.69, 9.17) is 4.52 Å². The van der Waals surface area contributed by atoms with E-state index in [0.717, 1.165) is 0 Å². The first-order chi connectivity index (χ1) is 15.2. The average Bonchev–Trinajstić information content (AvgIpc) is 3.36. The Morgan fingerprint density at radius 2 is 1.69 bits per heavy atom. The smallest absolute Gasteiger partial charge is 0.324 e. The number of urea groups is 1. The Kier molecular flexibility index (Phi) is 5.23. The van der Waals surface area contributed by atoms with E-state index in [9.17, 15) is 14.4 Å². The summed E-state index contributed by atoms with van der Waals surface area (Å²) in [7, 11) is 0. The second kappa shape index (κ2) is 8.02. The van der Waals surface area contributed by atoms with Gasteiger partial charge in [0.1, 0.15) is 11.5 Å². The first kappa shape index (κ1) is 20.8. The molecule has 4 N–H and O–H groups in total. The van der Waals surface area contributed by atoms with Crippen molar-refractivity contribution in [3.05, 3.63) is 70.5 Å². The molecule has 0 fully saturated rings. The Morgan fingerprint density at radius 3 is 2.34 bits per heavy atom. The van der Waals surface area contributed by atoms with E-state index in [2.05, 4.69) is 31.2 Å². The van der Waals surface area contributed by atoms with Gasteiger partial charge in [-0.05, 0) is 30.3 Å². The lowest BCUT2D eigenvalue weighted by molar-refractivity contribution is 0.102. The minimum atomic E-state index is -0.478. The highest BCUT2D eigenvalue weighted by atomic mass is 16.5. The van der Waals surface area contributed by atoms with Crippen LogP contribution < -0.4 is 21.5 Å². The molecule has 32 heavy (non-hydrogen) atoms. The number of nitrogens with one attached hydrogen (secondary N) is 4. The van der Waals surface area contributed by atoms with Crippen molar-refractivity contribution in [2.45, 2.75) is 26.2 Å². The summed E-state index contributed by atoms with van der Waals surface area (Å²) in [5.74, 6) is 0.531. The molecule has 0 aliphatic rings. The number of rotatable bonds is 4. The lowest BCUT2D eigenvalue weighted by atomic mass is 9.93.